The molecule has 34 heavy (non-hydrogen) atoms. The van der Waals surface area contributed by atoms with Gasteiger partial charge in [-0.25, -0.2) is 9.97 Å². The van der Waals surface area contributed by atoms with Crippen molar-refractivity contribution in [1.29, 1.82) is 0 Å². The number of ether oxygens (including phenoxy) is 1. The Bertz CT molecular complexity index is 1220. The molecular formula is C27H29N5O2. The largest absolute Gasteiger partial charge is 0.492 e. The molecule has 0 aliphatic carbocycles. The Morgan fingerprint density at radius 2 is 1.65 bits per heavy atom. The third-order valence-corrected chi connectivity index (χ3v) is 6.65. The molecule has 2 aliphatic rings. The minimum absolute atomic E-state index is 0.691. The second-order valence-corrected chi connectivity index (χ2v) is 9.06. The molecule has 0 unspecified atom stereocenters. The predicted molar refractivity (Wildman–Crippen MR) is 132 cm³/mol. The summed E-state index contributed by atoms with van der Waals surface area (Å²) in [4.78, 5) is 16.0. The zero-order chi connectivity index (χ0) is 22.7. The van der Waals surface area contributed by atoms with Gasteiger partial charge in [-0.1, -0.05) is 24.3 Å². The van der Waals surface area contributed by atoms with Gasteiger partial charge in [0, 0.05) is 69.2 Å². The number of para-hydroxylation sites is 1. The van der Waals surface area contributed by atoms with Crippen molar-refractivity contribution in [3.8, 4) is 5.75 Å². The number of furan rings is 1. The molecule has 174 valence electrons. The van der Waals surface area contributed by atoms with Crippen LogP contribution in [0.3, 0.4) is 0 Å². The number of rotatable bonds is 5. The van der Waals surface area contributed by atoms with E-state index in [1.54, 1.807) is 0 Å². The Kier molecular flexibility index (Phi) is 5.87. The molecule has 1 saturated heterocycles. The summed E-state index contributed by atoms with van der Waals surface area (Å²) < 4.78 is 12.1. The molecule has 6 rings (SSSR count). The Labute approximate surface area is 199 Å². The zero-order valence-electron chi connectivity index (χ0n) is 19.3. The van der Waals surface area contributed by atoms with Gasteiger partial charge in [-0.3, -0.25) is 9.80 Å². The summed E-state index contributed by atoms with van der Waals surface area (Å²) in [7, 11) is 0. The molecule has 0 amide bonds. The fourth-order valence-electron chi connectivity index (χ4n) is 4.89. The summed E-state index contributed by atoms with van der Waals surface area (Å²) in [5.41, 5.74) is 3.53. The van der Waals surface area contributed by atoms with Gasteiger partial charge in [0.1, 0.15) is 23.7 Å². The second kappa shape index (κ2) is 9.44. The van der Waals surface area contributed by atoms with E-state index < -0.39 is 0 Å². The van der Waals surface area contributed by atoms with Crippen LogP contribution in [-0.2, 0) is 19.6 Å². The van der Waals surface area contributed by atoms with E-state index in [4.69, 9.17) is 9.15 Å². The van der Waals surface area contributed by atoms with Gasteiger partial charge in [-0.15, -0.1) is 0 Å². The van der Waals surface area contributed by atoms with Crippen LogP contribution in [0.25, 0.3) is 11.0 Å². The van der Waals surface area contributed by atoms with Crippen LogP contribution in [0.4, 0.5) is 5.95 Å². The molecule has 0 N–H and O–H groups in total. The Morgan fingerprint density at radius 1 is 0.794 bits per heavy atom. The van der Waals surface area contributed by atoms with Crippen LogP contribution in [0.2, 0.25) is 0 Å². The molecular weight excluding hydrogens is 426 g/mol. The molecule has 4 heterocycles. The molecule has 0 saturated carbocycles. The van der Waals surface area contributed by atoms with Gasteiger partial charge in [0.05, 0.1) is 6.54 Å². The monoisotopic (exact) mass is 455 g/mol. The van der Waals surface area contributed by atoms with Crippen LogP contribution in [0.1, 0.15) is 16.9 Å². The maximum atomic E-state index is 6.08. The van der Waals surface area contributed by atoms with E-state index in [1.165, 1.54) is 11.1 Å². The minimum atomic E-state index is 0.691. The summed E-state index contributed by atoms with van der Waals surface area (Å²) in [5, 5.41) is 1.16. The highest BCUT2D eigenvalue weighted by Gasteiger charge is 2.21. The van der Waals surface area contributed by atoms with Crippen molar-refractivity contribution in [2.45, 2.75) is 19.6 Å². The normalized spacial score (nSPS) is 17.4. The number of hydrogen-bond acceptors (Lipinski definition) is 7. The first-order valence-electron chi connectivity index (χ1n) is 12.0. The maximum absolute atomic E-state index is 6.08. The van der Waals surface area contributed by atoms with Gasteiger partial charge in [-0.2, -0.15) is 0 Å². The van der Waals surface area contributed by atoms with Crippen LogP contribution >= 0.6 is 0 Å². The number of nitrogens with zero attached hydrogens (tertiary/aromatic N) is 5. The molecule has 7 heteroatoms. The van der Waals surface area contributed by atoms with Crippen molar-refractivity contribution < 1.29 is 9.15 Å². The number of hydrogen-bond donors (Lipinski definition) is 0. The fraction of sp³-hybridized carbons (Fsp3) is 0.333. The van der Waals surface area contributed by atoms with Crippen LogP contribution in [0.15, 0.2) is 71.4 Å². The van der Waals surface area contributed by atoms with Crippen molar-refractivity contribution in [2.24, 2.45) is 0 Å². The topological polar surface area (TPSA) is 57.9 Å². The van der Waals surface area contributed by atoms with E-state index >= 15 is 0 Å². The van der Waals surface area contributed by atoms with Crippen molar-refractivity contribution >= 4 is 16.9 Å². The van der Waals surface area contributed by atoms with Crippen LogP contribution in [-0.4, -0.2) is 59.1 Å². The molecule has 7 nitrogen and oxygen atoms in total. The lowest BCUT2D eigenvalue weighted by Crippen LogP contribution is -2.46. The third kappa shape index (κ3) is 4.62. The molecule has 1 fully saturated rings. The third-order valence-electron chi connectivity index (χ3n) is 6.65. The van der Waals surface area contributed by atoms with Gasteiger partial charge in [0.25, 0.3) is 0 Å². The Hall–Kier alpha value is -3.42. The Morgan fingerprint density at radius 3 is 2.50 bits per heavy atom. The highest BCUT2D eigenvalue weighted by Crippen LogP contribution is 2.27. The summed E-state index contributed by atoms with van der Waals surface area (Å²) in [6, 6.07) is 18.9. The molecule has 2 aliphatic heterocycles. The van der Waals surface area contributed by atoms with Gasteiger partial charge in [0.2, 0.25) is 5.95 Å². The number of piperazine rings is 1. The molecule has 0 bridgehead atoms. The quantitative estimate of drug-likeness (QED) is 0.452. The first-order valence-corrected chi connectivity index (χ1v) is 12.0. The van der Waals surface area contributed by atoms with Crippen molar-refractivity contribution in [3.05, 3.63) is 83.9 Å². The van der Waals surface area contributed by atoms with Gasteiger partial charge < -0.3 is 14.1 Å². The van der Waals surface area contributed by atoms with E-state index in [9.17, 15) is 0 Å². The molecule has 2 aromatic carbocycles. The maximum Gasteiger partial charge on any atom is 0.225 e. The highest BCUT2D eigenvalue weighted by molar-refractivity contribution is 5.77. The summed E-state index contributed by atoms with van der Waals surface area (Å²) >= 11 is 0. The fourth-order valence-corrected chi connectivity index (χ4v) is 4.89. The van der Waals surface area contributed by atoms with Crippen LogP contribution in [0, 0.1) is 0 Å². The lowest BCUT2D eigenvalue weighted by Gasteiger charge is -2.34. The molecule has 0 atom stereocenters. The Balaban J connectivity index is 1.10. The summed E-state index contributed by atoms with van der Waals surface area (Å²) in [5.74, 6) is 2.83. The molecule has 4 aromatic rings. The zero-order valence-corrected chi connectivity index (χ0v) is 19.3. The number of benzene rings is 2. The SMILES string of the molecule is c1cnc(N2CCN(Cc3ccc4c(c3)CN(Cc3cc5ccccc5o3)CCO4)CC2)nc1. The lowest BCUT2D eigenvalue weighted by molar-refractivity contribution is 0.208. The van der Waals surface area contributed by atoms with Crippen LogP contribution < -0.4 is 9.64 Å². The average molecular weight is 456 g/mol. The molecule has 0 spiro atoms. The van der Waals surface area contributed by atoms with Gasteiger partial charge in [-0.05, 0) is 35.9 Å². The van der Waals surface area contributed by atoms with Crippen molar-refractivity contribution in [1.82, 2.24) is 19.8 Å². The first kappa shape index (κ1) is 21.1. The van der Waals surface area contributed by atoms with E-state index in [0.717, 1.165) is 80.8 Å². The smallest absolute Gasteiger partial charge is 0.225 e. The molecule has 2 aromatic heterocycles. The standard InChI is InChI=1S/C27H29N5O2/c1-2-5-26-22(4-1)17-24(34-26)20-31-14-15-33-25-7-6-21(16-23(25)19-31)18-30-10-12-32(13-11-30)27-28-8-3-9-29-27/h1-9,16-17H,10-15,18-20H2. The summed E-state index contributed by atoms with van der Waals surface area (Å²) in [6.07, 6.45) is 3.62. The van der Waals surface area contributed by atoms with E-state index in [0.29, 0.717) is 6.61 Å². The van der Waals surface area contributed by atoms with Crippen molar-refractivity contribution in [2.75, 3.05) is 44.2 Å². The predicted octanol–water partition coefficient (Wildman–Crippen LogP) is 3.94. The van der Waals surface area contributed by atoms with E-state index in [2.05, 4.69) is 61.1 Å². The average Bonchev–Trinajstić information content (AvgIpc) is 3.17. The highest BCUT2D eigenvalue weighted by atomic mass is 16.5. The summed E-state index contributed by atoms with van der Waals surface area (Å²) in [6.45, 7) is 8.06. The van der Waals surface area contributed by atoms with Gasteiger partial charge >= 0.3 is 0 Å². The second-order valence-electron chi connectivity index (χ2n) is 9.06. The number of anilines is 1. The molecule has 0 radical (unpaired) electrons. The van der Waals surface area contributed by atoms with Gasteiger partial charge in [0.15, 0.2) is 0 Å². The first-order chi connectivity index (χ1) is 16.8. The lowest BCUT2D eigenvalue weighted by atomic mass is 10.1. The van der Waals surface area contributed by atoms with Crippen LogP contribution in [0.5, 0.6) is 5.75 Å². The number of aromatic nitrogens is 2. The van der Waals surface area contributed by atoms with Crippen molar-refractivity contribution in [3.63, 3.8) is 0 Å². The van der Waals surface area contributed by atoms with E-state index in [1.807, 2.05) is 30.6 Å². The number of fused-ring (bicyclic) bond motifs is 2. The minimum Gasteiger partial charge on any atom is -0.492 e. The van der Waals surface area contributed by atoms with E-state index in [-0.39, 0.29) is 0 Å².